The molecule has 0 saturated carbocycles. The van der Waals surface area contributed by atoms with Gasteiger partial charge in [0.2, 0.25) is 0 Å². The number of nitrogens with zero attached hydrogens (tertiary/aromatic N) is 1. The molecule has 6 heteroatoms. The van der Waals surface area contributed by atoms with Crippen molar-refractivity contribution in [1.82, 2.24) is 4.90 Å². The second-order valence-corrected chi connectivity index (χ2v) is 7.50. The van der Waals surface area contributed by atoms with E-state index >= 15 is 0 Å². The van der Waals surface area contributed by atoms with E-state index in [0.29, 0.717) is 12.3 Å². The fraction of sp³-hybridized carbons (Fsp3) is 0.136. The quantitative estimate of drug-likeness (QED) is 0.599. The summed E-state index contributed by atoms with van der Waals surface area (Å²) in [5.41, 5.74) is 1.16. The highest BCUT2D eigenvalue weighted by atomic mass is 32.2. The number of ether oxygens (including phenoxy) is 1. The first kappa shape index (κ1) is 18.4. The maximum Gasteiger partial charge on any atom is 0.323 e. The third kappa shape index (κ3) is 4.12. The average molecular weight is 394 g/mol. The van der Waals surface area contributed by atoms with Crippen LogP contribution in [0.3, 0.4) is 0 Å². The van der Waals surface area contributed by atoms with Crippen molar-refractivity contribution < 1.29 is 13.9 Å². The molecule has 28 heavy (non-hydrogen) atoms. The number of hydrogen-bond acceptors (Lipinski definition) is 3. The molecular formula is C22H19FN2O2S. The highest BCUT2D eigenvalue weighted by Gasteiger charge is 2.31. The molecule has 0 spiro atoms. The molecule has 4 rings (SSSR count). The maximum atomic E-state index is 13.9. The molecule has 0 aromatic heterocycles. The van der Waals surface area contributed by atoms with Crippen LogP contribution in [-0.2, 0) is 0 Å². The zero-order valence-corrected chi connectivity index (χ0v) is 15.9. The van der Waals surface area contributed by atoms with Gasteiger partial charge in [-0.1, -0.05) is 42.5 Å². The molecule has 0 bridgehead atoms. The van der Waals surface area contributed by atoms with Crippen LogP contribution in [0.5, 0.6) is 11.5 Å². The Morgan fingerprint density at radius 3 is 2.57 bits per heavy atom. The second kappa shape index (κ2) is 8.35. The molecule has 1 saturated heterocycles. The molecule has 1 aliphatic rings. The third-order valence-corrected chi connectivity index (χ3v) is 5.65. The Hall–Kier alpha value is -2.99. The number of carbonyl (C=O) groups is 1. The minimum Gasteiger partial charge on any atom is -0.457 e. The number of benzene rings is 3. The number of thioether (sulfide) groups is 1. The van der Waals surface area contributed by atoms with Gasteiger partial charge in [-0.25, -0.2) is 9.18 Å². The van der Waals surface area contributed by atoms with E-state index in [-0.39, 0.29) is 17.1 Å². The van der Waals surface area contributed by atoms with Crippen molar-refractivity contribution in [3.63, 3.8) is 0 Å². The summed E-state index contributed by atoms with van der Waals surface area (Å²) >= 11 is 1.68. The first-order chi connectivity index (χ1) is 13.7. The van der Waals surface area contributed by atoms with Gasteiger partial charge >= 0.3 is 6.03 Å². The Bertz CT molecular complexity index is 968. The molecule has 1 heterocycles. The van der Waals surface area contributed by atoms with Gasteiger partial charge in [-0.2, -0.15) is 0 Å². The highest BCUT2D eigenvalue weighted by molar-refractivity contribution is 7.99. The lowest BCUT2D eigenvalue weighted by molar-refractivity contribution is 0.214. The van der Waals surface area contributed by atoms with Gasteiger partial charge < -0.3 is 15.0 Å². The normalized spacial score (nSPS) is 16.0. The predicted octanol–water partition coefficient (Wildman–Crippen LogP) is 5.90. The monoisotopic (exact) mass is 394 g/mol. The van der Waals surface area contributed by atoms with Gasteiger partial charge in [0.1, 0.15) is 22.7 Å². The van der Waals surface area contributed by atoms with Crippen LogP contribution in [-0.4, -0.2) is 23.2 Å². The van der Waals surface area contributed by atoms with Crippen LogP contribution in [0.15, 0.2) is 78.9 Å². The van der Waals surface area contributed by atoms with Crippen LogP contribution in [0.25, 0.3) is 0 Å². The van der Waals surface area contributed by atoms with Crippen molar-refractivity contribution >= 4 is 23.5 Å². The molecule has 3 aromatic rings. The van der Waals surface area contributed by atoms with E-state index < -0.39 is 5.82 Å². The van der Waals surface area contributed by atoms with Crippen molar-refractivity contribution in [3.8, 4) is 11.5 Å². The number of urea groups is 1. The molecular weight excluding hydrogens is 375 g/mol. The summed E-state index contributed by atoms with van der Waals surface area (Å²) in [6.45, 7) is 0.597. The number of anilines is 1. The summed E-state index contributed by atoms with van der Waals surface area (Å²) in [7, 11) is 0. The summed E-state index contributed by atoms with van der Waals surface area (Å²) in [6, 6.07) is 23.1. The molecule has 4 nitrogen and oxygen atoms in total. The highest BCUT2D eigenvalue weighted by Crippen LogP contribution is 2.39. The lowest BCUT2D eigenvalue weighted by Crippen LogP contribution is -2.34. The van der Waals surface area contributed by atoms with Crippen molar-refractivity contribution in [2.75, 3.05) is 17.6 Å². The van der Waals surface area contributed by atoms with Crippen LogP contribution in [0.4, 0.5) is 14.9 Å². The summed E-state index contributed by atoms with van der Waals surface area (Å²) < 4.78 is 19.8. The maximum absolute atomic E-state index is 13.9. The Morgan fingerprint density at radius 1 is 1.00 bits per heavy atom. The molecule has 1 fully saturated rings. The predicted molar refractivity (Wildman–Crippen MR) is 110 cm³/mol. The van der Waals surface area contributed by atoms with Crippen molar-refractivity contribution in [2.24, 2.45) is 0 Å². The number of para-hydroxylation sites is 2. The topological polar surface area (TPSA) is 41.6 Å². The zero-order chi connectivity index (χ0) is 19.3. The summed E-state index contributed by atoms with van der Waals surface area (Å²) in [6.07, 6.45) is 0. The minimum atomic E-state index is -0.447. The van der Waals surface area contributed by atoms with E-state index in [2.05, 4.69) is 5.32 Å². The standard InChI is InChI=1S/C22H19FN2O2S/c23-19-11-4-5-12-20(19)24-22(26)25-13-14-28-21(25)16-7-6-10-18(15-16)27-17-8-2-1-3-9-17/h1-12,15,21H,13-14H2,(H,24,26)/t21-/m1/s1. The van der Waals surface area contributed by atoms with Crippen LogP contribution in [0, 0.1) is 5.82 Å². The number of amides is 2. The van der Waals surface area contributed by atoms with E-state index in [1.54, 1.807) is 34.9 Å². The minimum absolute atomic E-state index is 0.147. The van der Waals surface area contributed by atoms with Gasteiger partial charge in [0.25, 0.3) is 0 Å². The van der Waals surface area contributed by atoms with E-state index in [4.69, 9.17) is 4.74 Å². The van der Waals surface area contributed by atoms with Crippen LogP contribution in [0.2, 0.25) is 0 Å². The number of hydrogen-bond donors (Lipinski definition) is 1. The molecule has 2 amide bonds. The Labute approximate surface area is 167 Å². The van der Waals surface area contributed by atoms with Crippen molar-refractivity contribution in [2.45, 2.75) is 5.37 Å². The van der Waals surface area contributed by atoms with Crippen molar-refractivity contribution in [1.29, 1.82) is 0 Å². The largest absolute Gasteiger partial charge is 0.457 e. The molecule has 0 radical (unpaired) electrons. The number of nitrogens with one attached hydrogen (secondary N) is 1. The molecule has 0 aliphatic carbocycles. The van der Waals surface area contributed by atoms with Crippen LogP contribution < -0.4 is 10.1 Å². The Kier molecular flexibility index (Phi) is 5.48. The third-order valence-electron chi connectivity index (χ3n) is 4.39. The van der Waals surface area contributed by atoms with Gasteiger partial charge in [0.15, 0.2) is 0 Å². The van der Waals surface area contributed by atoms with E-state index in [1.165, 1.54) is 6.07 Å². The van der Waals surface area contributed by atoms with E-state index in [0.717, 1.165) is 17.1 Å². The van der Waals surface area contributed by atoms with Crippen LogP contribution in [0.1, 0.15) is 10.9 Å². The first-order valence-electron chi connectivity index (χ1n) is 8.97. The average Bonchev–Trinajstić information content (AvgIpc) is 3.21. The van der Waals surface area contributed by atoms with Gasteiger partial charge in [-0.3, -0.25) is 0 Å². The molecule has 3 aromatic carbocycles. The summed E-state index contributed by atoms with van der Waals surface area (Å²) in [5.74, 6) is 1.84. The molecule has 1 atom stereocenters. The summed E-state index contributed by atoms with van der Waals surface area (Å²) in [5, 5.41) is 2.53. The van der Waals surface area contributed by atoms with Gasteiger partial charge in [0.05, 0.1) is 5.69 Å². The van der Waals surface area contributed by atoms with E-state index in [1.807, 2.05) is 54.6 Å². The fourth-order valence-electron chi connectivity index (χ4n) is 3.06. The van der Waals surface area contributed by atoms with Crippen molar-refractivity contribution in [3.05, 3.63) is 90.2 Å². The molecule has 1 N–H and O–H groups in total. The molecule has 142 valence electrons. The number of halogens is 1. The molecule has 1 aliphatic heterocycles. The molecule has 0 unspecified atom stereocenters. The fourth-order valence-corrected chi connectivity index (χ4v) is 4.31. The smallest absolute Gasteiger partial charge is 0.323 e. The van der Waals surface area contributed by atoms with Gasteiger partial charge in [-0.05, 0) is 42.0 Å². The lowest BCUT2D eigenvalue weighted by Gasteiger charge is -2.25. The van der Waals surface area contributed by atoms with E-state index in [9.17, 15) is 9.18 Å². The SMILES string of the molecule is O=C(Nc1ccccc1F)N1CCS[C@@H]1c1cccc(Oc2ccccc2)c1. The first-order valence-corrected chi connectivity index (χ1v) is 10.0. The zero-order valence-electron chi connectivity index (χ0n) is 15.0. The number of rotatable bonds is 4. The Balaban J connectivity index is 1.51. The number of carbonyl (C=O) groups excluding carboxylic acids is 1. The van der Waals surface area contributed by atoms with Gasteiger partial charge in [-0.15, -0.1) is 11.8 Å². The lowest BCUT2D eigenvalue weighted by atomic mass is 10.2. The Morgan fingerprint density at radius 2 is 1.75 bits per heavy atom. The summed E-state index contributed by atoms with van der Waals surface area (Å²) in [4.78, 5) is 14.5. The van der Waals surface area contributed by atoms with Gasteiger partial charge in [0, 0.05) is 12.3 Å². The second-order valence-electron chi connectivity index (χ2n) is 6.31. The van der Waals surface area contributed by atoms with Crippen LogP contribution >= 0.6 is 11.8 Å².